The van der Waals surface area contributed by atoms with E-state index < -0.39 is 5.63 Å². The van der Waals surface area contributed by atoms with E-state index in [-0.39, 0.29) is 0 Å². The van der Waals surface area contributed by atoms with Crippen LogP contribution in [0.5, 0.6) is 11.5 Å². The summed E-state index contributed by atoms with van der Waals surface area (Å²) in [6.45, 7) is 0. The molecular weight excluding hydrogens is 368 g/mol. The molecular formula is C23H20N2O4. The molecule has 0 fully saturated rings. The van der Waals surface area contributed by atoms with Crippen molar-refractivity contribution in [3.8, 4) is 11.5 Å². The molecule has 1 heterocycles. The van der Waals surface area contributed by atoms with Gasteiger partial charge in [-0.2, -0.15) is 0 Å². The van der Waals surface area contributed by atoms with Gasteiger partial charge in [0.2, 0.25) is 0 Å². The van der Waals surface area contributed by atoms with Crippen molar-refractivity contribution in [2.24, 2.45) is 0 Å². The summed E-state index contributed by atoms with van der Waals surface area (Å²) in [5.74, 6) is 1.53. The van der Waals surface area contributed by atoms with Crippen LogP contribution < -0.4 is 25.7 Å². The van der Waals surface area contributed by atoms with E-state index in [1.165, 1.54) is 0 Å². The molecule has 0 spiro atoms. The Balaban J connectivity index is 1.68. The summed E-state index contributed by atoms with van der Waals surface area (Å²) in [7, 11) is 3.24. The van der Waals surface area contributed by atoms with Crippen LogP contribution in [0.15, 0.2) is 82.0 Å². The van der Waals surface area contributed by atoms with Crippen LogP contribution in [-0.2, 0) is 0 Å². The first-order valence-corrected chi connectivity index (χ1v) is 9.05. The van der Waals surface area contributed by atoms with Gasteiger partial charge in [0.05, 0.1) is 14.2 Å². The highest BCUT2D eigenvalue weighted by atomic mass is 16.5. The van der Waals surface area contributed by atoms with Gasteiger partial charge in [-0.15, -0.1) is 0 Å². The van der Waals surface area contributed by atoms with Gasteiger partial charge in [-0.3, -0.25) is 0 Å². The molecule has 0 unspecified atom stereocenters. The molecule has 1 aromatic heterocycles. The summed E-state index contributed by atoms with van der Waals surface area (Å²) < 4.78 is 15.9. The fraction of sp³-hybridized carbons (Fsp3) is 0.0870. The fourth-order valence-corrected chi connectivity index (χ4v) is 3.00. The molecule has 0 saturated heterocycles. The molecule has 0 amide bonds. The molecule has 2 N–H and O–H groups in total. The van der Waals surface area contributed by atoms with E-state index in [9.17, 15) is 4.79 Å². The van der Waals surface area contributed by atoms with Crippen LogP contribution >= 0.6 is 0 Å². The van der Waals surface area contributed by atoms with Gasteiger partial charge in [0.15, 0.2) is 0 Å². The maximum atomic E-state index is 12.4. The van der Waals surface area contributed by atoms with Gasteiger partial charge in [-0.25, -0.2) is 4.79 Å². The monoisotopic (exact) mass is 388 g/mol. The predicted molar refractivity (Wildman–Crippen MR) is 115 cm³/mol. The van der Waals surface area contributed by atoms with E-state index in [1.807, 2.05) is 60.7 Å². The van der Waals surface area contributed by atoms with E-state index in [1.54, 1.807) is 26.4 Å². The molecule has 0 aliphatic carbocycles. The average Bonchev–Trinajstić information content (AvgIpc) is 2.76. The van der Waals surface area contributed by atoms with Crippen LogP contribution in [0.3, 0.4) is 0 Å². The van der Waals surface area contributed by atoms with E-state index >= 15 is 0 Å². The van der Waals surface area contributed by atoms with Gasteiger partial charge < -0.3 is 24.5 Å². The Bertz CT molecular complexity index is 1180. The van der Waals surface area contributed by atoms with Crippen LogP contribution in [-0.4, -0.2) is 14.2 Å². The van der Waals surface area contributed by atoms with E-state index in [4.69, 9.17) is 13.9 Å². The summed E-state index contributed by atoms with van der Waals surface area (Å²) in [5.41, 5.74) is 2.91. The number of methoxy groups -OCH3 is 2. The lowest BCUT2D eigenvalue weighted by molar-refractivity contribution is 0.415. The van der Waals surface area contributed by atoms with Gasteiger partial charge in [-0.1, -0.05) is 6.07 Å². The molecule has 0 saturated carbocycles. The highest BCUT2D eigenvalue weighted by Crippen LogP contribution is 2.29. The maximum Gasteiger partial charge on any atom is 0.360 e. The third kappa shape index (κ3) is 4.01. The van der Waals surface area contributed by atoms with Gasteiger partial charge in [0, 0.05) is 22.4 Å². The Morgan fingerprint density at radius 2 is 1.28 bits per heavy atom. The normalized spacial score (nSPS) is 10.6. The predicted octanol–water partition coefficient (Wildman–Crippen LogP) is 5.30. The van der Waals surface area contributed by atoms with Crippen LogP contribution in [0, 0.1) is 0 Å². The SMILES string of the molecule is COc1ccc(Nc2cc3c(Nc4ccc(OC)cc4)cccc3oc2=O)cc1. The Kier molecular flexibility index (Phi) is 5.07. The number of nitrogens with one attached hydrogen (secondary N) is 2. The summed E-state index contributed by atoms with van der Waals surface area (Å²) in [4.78, 5) is 12.4. The second kappa shape index (κ2) is 7.98. The Hall–Kier alpha value is -3.93. The van der Waals surface area contributed by atoms with Crippen LogP contribution in [0.1, 0.15) is 0 Å². The molecule has 29 heavy (non-hydrogen) atoms. The number of hydrogen-bond donors (Lipinski definition) is 2. The van der Waals surface area contributed by atoms with Gasteiger partial charge in [0.25, 0.3) is 0 Å². The minimum Gasteiger partial charge on any atom is -0.497 e. The zero-order valence-corrected chi connectivity index (χ0v) is 16.1. The number of rotatable bonds is 6. The van der Waals surface area contributed by atoms with Crippen LogP contribution in [0.4, 0.5) is 22.7 Å². The second-order valence-electron chi connectivity index (χ2n) is 6.37. The minimum atomic E-state index is -0.435. The van der Waals surface area contributed by atoms with Crippen LogP contribution in [0.25, 0.3) is 11.0 Å². The fourth-order valence-electron chi connectivity index (χ4n) is 3.00. The smallest absolute Gasteiger partial charge is 0.360 e. The van der Waals surface area contributed by atoms with Crippen molar-refractivity contribution in [3.05, 3.63) is 83.2 Å². The number of hydrogen-bond acceptors (Lipinski definition) is 6. The van der Waals surface area contributed by atoms with E-state index in [2.05, 4.69) is 10.6 Å². The first kappa shape index (κ1) is 18.4. The lowest BCUT2D eigenvalue weighted by Gasteiger charge is -2.12. The topological polar surface area (TPSA) is 72.7 Å². The number of anilines is 4. The largest absolute Gasteiger partial charge is 0.497 e. The lowest BCUT2D eigenvalue weighted by atomic mass is 10.1. The molecule has 146 valence electrons. The van der Waals surface area contributed by atoms with Crippen molar-refractivity contribution >= 4 is 33.7 Å². The van der Waals surface area contributed by atoms with Crippen molar-refractivity contribution < 1.29 is 13.9 Å². The molecule has 0 atom stereocenters. The molecule has 4 rings (SSSR count). The van der Waals surface area contributed by atoms with Crippen molar-refractivity contribution in [2.75, 3.05) is 24.9 Å². The molecule has 4 aromatic rings. The lowest BCUT2D eigenvalue weighted by Crippen LogP contribution is -2.07. The second-order valence-corrected chi connectivity index (χ2v) is 6.37. The van der Waals surface area contributed by atoms with Gasteiger partial charge in [0.1, 0.15) is 22.8 Å². The van der Waals surface area contributed by atoms with Crippen molar-refractivity contribution in [1.29, 1.82) is 0 Å². The third-order valence-corrected chi connectivity index (χ3v) is 4.52. The Morgan fingerprint density at radius 1 is 0.724 bits per heavy atom. The van der Waals surface area contributed by atoms with Crippen molar-refractivity contribution in [1.82, 2.24) is 0 Å². The zero-order valence-electron chi connectivity index (χ0n) is 16.1. The molecule has 3 aromatic carbocycles. The average molecular weight is 388 g/mol. The zero-order chi connectivity index (χ0) is 20.2. The summed E-state index contributed by atoms with van der Waals surface area (Å²) in [6, 6.07) is 22.3. The number of fused-ring (bicyclic) bond motifs is 1. The summed E-state index contributed by atoms with van der Waals surface area (Å²) in [5, 5.41) is 7.27. The highest BCUT2D eigenvalue weighted by molar-refractivity contribution is 5.94. The van der Waals surface area contributed by atoms with Crippen molar-refractivity contribution in [2.45, 2.75) is 0 Å². The molecule has 0 aliphatic rings. The quantitative estimate of drug-likeness (QED) is 0.437. The molecule has 0 radical (unpaired) electrons. The summed E-state index contributed by atoms with van der Waals surface area (Å²) >= 11 is 0. The third-order valence-electron chi connectivity index (χ3n) is 4.52. The minimum absolute atomic E-state index is 0.353. The van der Waals surface area contributed by atoms with Crippen molar-refractivity contribution in [3.63, 3.8) is 0 Å². The van der Waals surface area contributed by atoms with Crippen LogP contribution in [0.2, 0.25) is 0 Å². The van der Waals surface area contributed by atoms with E-state index in [0.29, 0.717) is 11.3 Å². The molecule has 6 nitrogen and oxygen atoms in total. The molecule has 0 bridgehead atoms. The van der Waals surface area contributed by atoms with Gasteiger partial charge in [-0.05, 0) is 66.7 Å². The number of ether oxygens (including phenoxy) is 2. The number of benzene rings is 3. The first-order valence-electron chi connectivity index (χ1n) is 9.05. The molecule has 0 aliphatic heterocycles. The molecule has 6 heteroatoms. The Morgan fingerprint density at radius 3 is 1.83 bits per heavy atom. The standard InChI is InChI=1S/C23H20N2O4/c1-27-17-10-6-15(7-11-17)24-20-4-3-5-22-19(20)14-21(23(26)29-22)25-16-8-12-18(28-2)13-9-16/h3-14,24-25H,1-2H3. The maximum absolute atomic E-state index is 12.4. The van der Waals surface area contributed by atoms with Gasteiger partial charge >= 0.3 is 5.63 Å². The highest BCUT2D eigenvalue weighted by Gasteiger charge is 2.10. The van der Waals surface area contributed by atoms with E-state index in [0.717, 1.165) is 33.9 Å². The Labute approximate surface area is 167 Å². The first-order chi connectivity index (χ1) is 14.2. The summed E-state index contributed by atoms with van der Waals surface area (Å²) in [6.07, 6.45) is 0.